The molecule has 3 rings (SSSR count). The van der Waals surface area contributed by atoms with E-state index in [1.54, 1.807) is 18.2 Å². The molecule has 0 bridgehead atoms. The van der Waals surface area contributed by atoms with Gasteiger partial charge in [0.15, 0.2) is 0 Å². The van der Waals surface area contributed by atoms with Crippen LogP contribution >= 0.6 is 15.9 Å². The second-order valence-corrected chi connectivity index (χ2v) is 7.75. The molecule has 7 heteroatoms. The minimum atomic E-state index is -0.431. The minimum absolute atomic E-state index is 0.187. The SMILES string of the molecule is Cc1ccc(Oc2cccc(/C=N/NC(=O)CNC(=O)c3ccccc3Br)c2)c(C)c1. The lowest BCUT2D eigenvalue weighted by Gasteiger charge is -2.09. The standard InChI is InChI=1S/C24H22BrN3O3/c1-16-10-11-22(17(2)12-16)31-19-7-5-6-18(13-19)14-27-28-23(29)15-26-24(30)20-8-3-4-9-21(20)25/h3-14H,15H2,1-2H3,(H,26,30)(H,28,29)/b27-14+. The molecule has 0 saturated carbocycles. The van der Waals surface area contributed by atoms with Crippen LogP contribution in [0.5, 0.6) is 11.5 Å². The first-order valence-corrected chi connectivity index (χ1v) is 10.4. The summed E-state index contributed by atoms with van der Waals surface area (Å²) in [5, 5.41) is 6.51. The number of hydrogen-bond donors (Lipinski definition) is 2. The maximum atomic E-state index is 12.1. The van der Waals surface area contributed by atoms with Crippen molar-refractivity contribution in [3.63, 3.8) is 0 Å². The van der Waals surface area contributed by atoms with Crippen LogP contribution in [0.1, 0.15) is 27.0 Å². The average molecular weight is 480 g/mol. The number of aryl methyl sites for hydroxylation is 2. The van der Waals surface area contributed by atoms with E-state index in [0.29, 0.717) is 15.8 Å². The Hall–Kier alpha value is -3.45. The van der Waals surface area contributed by atoms with Gasteiger partial charge in [0.2, 0.25) is 0 Å². The van der Waals surface area contributed by atoms with E-state index in [-0.39, 0.29) is 12.5 Å². The van der Waals surface area contributed by atoms with Crippen LogP contribution < -0.4 is 15.5 Å². The summed E-state index contributed by atoms with van der Waals surface area (Å²) in [6, 6.07) is 20.4. The summed E-state index contributed by atoms with van der Waals surface area (Å²) in [5.41, 5.74) is 5.85. The van der Waals surface area contributed by atoms with Gasteiger partial charge in [-0.15, -0.1) is 0 Å². The fourth-order valence-corrected chi connectivity index (χ4v) is 3.28. The molecule has 0 aromatic heterocycles. The number of hydrazone groups is 1. The lowest BCUT2D eigenvalue weighted by Crippen LogP contribution is -2.35. The number of amides is 2. The van der Waals surface area contributed by atoms with Crippen LogP contribution in [0.15, 0.2) is 76.3 Å². The highest BCUT2D eigenvalue weighted by molar-refractivity contribution is 9.10. The highest BCUT2D eigenvalue weighted by atomic mass is 79.9. The number of hydrogen-bond acceptors (Lipinski definition) is 4. The van der Waals surface area contributed by atoms with Crippen LogP contribution in [0, 0.1) is 13.8 Å². The summed E-state index contributed by atoms with van der Waals surface area (Å²) in [6.45, 7) is 3.85. The van der Waals surface area contributed by atoms with Crippen LogP contribution in [-0.4, -0.2) is 24.6 Å². The third kappa shape index (κ3) is 6.52. The Bertz CT molecular complexity index is 1130. The molecule has 158 valence electrons. The van der Waals surface area contributed by atoms with Crippen molar-refractivity contribution in [2.45, 2.75) is 13.8 Å². The number of benzene rings is 3. The van der Waals surface area contributed by atoms with E-state index in [9.17, 15) is 9.59 Å². The molecule has 2 N–H and O–H groups in total. The molecule has 2 amide bonds. The predicted molar refractivity (Wildman–Crippen MR) is 125 cm³/mol. The number of carbonyl (C=O) groups excluding carboxylic acids is 2. The number of halogens is 1. The van der Waals surface area contributed by atoms with E-state index in [2.05, 4.69) is 37.8 Å². The van der Waals surface area contributed by atoms with Gasteiger partial charge >= 0.3 is 0 Å². The summed E-state index contributed by atoms with van der Waals surface area (Å²) in [5.74, 6) is 0.680. The third-order valence-corrected chi connectivity index (χ3v) is 5.04. The van der Waals surface area contributed by atoms with E-state index in [1.807, 2.05) is 56.3 Å². The highest BCUT2D eigenvalue weighted by Crippen LogP contribution is 2.26. The average Bonchev–Trinajstić information content (AvgIpc) is 2.75. The zero-order chi connectivity index (χ0) is 22.2. The molecule has 0 atom stereocenters. The van der Waals surface area contributed by atoms with Gasteiger partial charge in [0.25, 0.3) is 11.8 Å². The normalized spacial score (nSPS) is 10.7. The molecule has 0 aliphatic heterocycles. The molecule has 3 aromatic carbocycles. The molecule has 3 aromatic rings. The lowest BCUT2D eigenvalue weighted by molar-refractivity contribution is -0.120. The van der Waals surface area contributed by atoms with Gasteiger partial charge in [0, 0.05) is 4.47 Å². The molecule has 31 heavy (non-hydrogen) atoms. The van der Waals surface area contributed by atoms with Gasteiger partial charge in [0.1, 0.15) is 11.5 Å². The van der Waals surface area contributed by atoms with Gasteiger partial charge in [-0.2, -0.15) is 5.10 Å². The molecule has 0 unspecified atom stereocenters. The third-order valence-electron chi connectivity index (χ3n) is 4.35. The van der Waals surface area contributed by atoms with Gasteiger partial charge in [-0.05, 0) is 71.2 Å². The van der Waals surface area contributed by atoms with Gasteiger partial charge < -0.3 is 10.1 Å². The molecule has 0 radical (unpaired) electrons. The predicted octanol–water partition coefficient (Wildman–Crippen LogP) is 4.74. The second-order valence-electron chi connectivity index (χ2n) is 6.90. The van der Waals surface area contributed by atoms with Crippen molar-refractivity contribution in [3.8, 4) is 11.5 Å². The first kappa shape index (κ1) is 22.2. The maximum Gasteiger partial charge on any atom is 0.259 e. The summed E-state index contributed by atoms with van der Waals surface area (Å²) < 4.78 is 6.61. The van der Waals surface area contributed by atoms with E-state index in [1.165, 1.54) is 11.8 Å². The Morgan fingerprint density at radius 3 is 2.61 bits per heavy atom. The van der Waals surface area contributed by atoms with Gasteiger partial charge in [-0.3, -0.25) is 9.59 Å². The van der Waals surface area contributed by atoms with Crippen LogP contribution in [-0.2, 0) is 4.79 Å². The van der Waals surface area contributed by atoms with Crippen LogP contribution in [0.4, 0.5) is 0 Å². The smallest absolute Gasteiger partial charge is 0.259 e. The van der Waals surface area contributed by atoms with Crippen molar-refractivity contribution in [3.05, 3.63) is 93.5 Å². The lowest BCUT2D eigenvalue weighted by atomic mass is 10.1. The molecular formula is C24H22BrN3O3. The topological polar surface area (TPSA) is 79.8 Å². The first-order chi connectivity index (χ1) is 14.9. The van der Waals surface area contributed by atoms with Crippen molar-refractivity contribution >= 4 is 34.0 Å². The Morgan fingerprint density at radius 1 is 1.03 bits per heavy atom. The van der Waals surface area contributed by atoms with E-state index >= 15 is 0 Å². The molecule has 0 heterocycles. The number of rotatable bonds is 7. The fourth-order valence-electron chi connectivity index (χ4n) is 2.82. The van der Waals surface area contributed by atoms with E-state index in [4.69, 9.17) is 4.74 Å². The van der Waals surface area contributed by atoms with Crippen LogP contribution in [0.3, 0.4) is 0 Å². The molecule has 0 aliphatic carbocycles. The number of ether oxygens (including phenoxy) is 1. The molecule has 6 nitrogen and oxygen atoms in total. The Kier molecular flexibility index (Phi) is 7.56. The van der Waals surface area contributed by atoms with Crippen molar-refractivity contribution in [1.82, 2.24) is 10.7 Å². The number of nitrogens with zero attached hydrogens (tertiary/aromatic N) is 1. The van der Waals surface area contributed by atoms with Crippen molar-refractivity contribution in [1.29, 1.82) is 0 Å². The molecular weight excluding hydrogens is 458 g/mol. The molecule has 0 aliphatic rings. The largest absolute Gasteiger partial charge is 0.457 e. The molecule has 0 saturated heterocycles. The summed E-state index contributed by atoms with van der Waals surface area (Å²) in [4.78, 5) is 24.1. The van der Waals surface area contributed by atoms with Crippen LogP contribution in [0.25, 0.3) is 0 Å². The fraction of sp³-hybridized carbons (Fsp3) is 0.125. The zero-order valence-corrected chi connectivity index (χ0v) is 18.8. The molecule has 0 fully saturated rings. The van der Waals surface area contributed by atoms with Gasteiger partial charge in [-0.1, -0.05) is 42.0 Å². The van der Waals surface area contributed by atoms with Crippen molar-refractivity contribution < 1.29 is 14.3 Å². The summed E-state index contributed by atoms with van der Waals surface area (Å²) in [6.07, 6.45) is 1.52. The van der Waals surface area contributed by atoms with Crippen molar-refractivity contribution in [2.24, 2.45) is 5.10 Å². The quantitative estimate of drug-likeness (QED) is 0.379. The Balaban J connectivity index is 1.52. The maximum absolute atomic E-state index is 12.1. The second kappa shape index (κ2) is 10.5. The molecule has 0 spiro atoms. The minimum Gasteiger partial charge on any atom is -0.457 e. The van der Waals surface area contributed by atoms with Gasteiger partial charge in [0.05, 0.1) is 18.3 Å². The van der Waals surface area contributed by atoms with Crippen LogP contribution in [0.2, 0.25) is 0 Å². The number of carbonyl (C=O) groups is 2. The first-order valence-electron chi connectivity index (χ1n) is 9.62. The summed E-state index contributed by atoms with van der Waals surface area (Å²) in [7, 11) is 0. The van der Waals surface area contributed by atoms with E-state index < -0.39 is 5.91 Å². The van der Waals surface area contributed by atoms with E-state index in [0.717, 1.165) is 16.9 Å². The number of nitrogens with one attached hydrogen (secondary N) is 2. The Morgan fingerprint density at radius 2 is 1.84 bits per heavy atom. The van der Waals surface area contributed by atoms with Crippen molar-refractivity contribution in [2.75, 3.05) is 6.54 Å². The zero-order valence-electron chi connectivity index (χ0n) is 17.2. The van der Waals surface area contributed by atoms with Gasteiger partial charge in [-0.25, -0.2) is 5.43 Å². The summed E-state index contributed by atoms with van der Waals surface area (Å²) >= 11 is 3.31. The monoisotopic (exact) mass is 479 g/mol. The highest BCUT2D eigenvalue weighted by Gasteiger charge is 2.10. The Labute approximate surface area is 189 Å².